The molecule has 6 heteroatoms. The summed E-state index contributed by atoms with van der Waals surface area (Å²) in [6, 6.07) is 6.83. The van der Waals surface area contributed by atoms with Crippen LogP contribution in [0.5, 0.6) is 0 Å². The van der Waals surface area contributed by atoms with Gasteiger partial charge in [-0.15, -0.1) is 0 Å². The van der Waals surface area contributed by atoms with Gasteiger partial charge in [-0.25, -0.2) is 0 Å². The van der Waals surface area contributed by atoms with Crippen molar-refractivity contribution in [3.05, 3.63) is 34.9 Å². The van der Waals surface area contributed by atoms with Crippen molar-refractivity contribution in [2.75, 3.05) is 0 Å². The zero-order valence-electron chi connectivity index (χ0n) is 10.3. The van der Waals surface area contributed by atoms with Crippen LogP contribution in [0.1, 0.15) is 6.92 Å². The van der Waals surface area contributed by atoms with Gasteiger partial charge in [0.25, 0.3) is 0 Å². The summed E-state index contributed by atoms with van der Waals surface area (Å²) in [7, 11) is 0. The Kier molecular flexibility index (Phi) is 3.90. The molecule has 1 aromatic heterocycles. The molecule has 5 nitrogen and oxygen atoms in total. The maximum atomic E-state index is 11.7. The lowest BCUT2D eigenvalue weighted by Gasteiger charge is -2.10. The number of rotatable bonds is 4. The second-order valence-electron chi connectivity index (χ2n) is 4.27. The number of hydrogen-bond donors (Lipinski definition) is 2. The Morgan fingerprint density at radius 2 is 2.16 bits per heavy atom. The summed E-state index contributed by atoms with van der Waals surface area (Å²) < 4.78 is 2.71. The molecule has 0 aliphatic rings. The normalized spacial score (nSPS) is 12.3. The van der Waals surface area contributed by atoms with Crippen LogP contribution >= 0.6 is 15.9 Å². The highest BCUT2D eigenvalue weighted by Crippen LogP contribution is 2.20. The Hall–Kier alpha value is -1.82. The number of nitrogens with zero attached hydrogens (tertiary/aromatic N) is 1. The molecule has 0 bridgehead atoms. The van der Waals surface area contributed by atoms with Crippen molar-refractivity contribution < 1.29 is 14.7 Å². The molecule has 2 N–H and O–H groups in total. The predicted molar refractivity (Wildman–Crippen MR) is 74.9 cm³/mol. The minimum atomic E-state index is -1.05. The van der Waals surface area contributed by atoms with E-state index in [4.69, 9.17) is 5.11 Å². The van der Waals surface area contributed by atoms with Gasteiger partial charge in [0.15, 0.2) is 0 Å². The van der Waals surface area contributed by atoms with E-state index in [9.17, 15) is 9.59 Å². The van der Waals surface area contributed by atoms with Crippen molar-refractivity contribution in [3.63, 3.8) is 0 Å². The number of benzene rings is 1. The van der Waals surface area contributed by atoms with E-state index in [-0.39, 0.29) is 12.5 Å². The number of nitrogens with one attached hydrogen (secondary N) is 1. The Morgan fingerprint density at radius 1 is 1.42 bits per heavy atom. The smallest absolute Gasteiger partial charge is 0.325 e. The van der Waals surface area contributed by atoms with Gasteiger partial charge in [-0.3, -0.25) is 9.59 Å². The quantitative estimate of drug-likeness (QED) is 0.903. The molecule has 0 aliphatic heterocycles. The second-order valence-corrected chi connectivity index (χ2v) is 5.19. The number of aromatic nitrogens is 1. The monoisotopic (exact) mass is 324 g/mol. The minimum Gasteiger partial charge on any atom is -0.480 e. The Bertz CT molecular complexity index is 636. The summed E-state index contributed by atoms with van der Waals surface area (Å²) in [5, 5.41) is 12.2. The summed E-state index contributed by atoms with van der Waals surface area (Å²) in [4.78, 5) is 22.4. The topological polar surface area (TPSA) is 71.3 Å². The van der Waals surface area contributed by atoms with E-state index in [1.54, 1.807) is 4.57 Å². The third kappa shape index (κ3) is 3.14. The molecule has 2 aromatic rings. The maximum absolute atomic E-state index is 11.7. The van der Waals surface area contributed by atoms with Crippen LogP contribution in [0.2, 0.25) is 0 Å². The number of amides is 1. The molecular weight excluding hydrogens is 312 g/mol. The van der Waals surface area contributed by atoms with Crippen molar-refractivity contribution in [1.29, 1.82) is 0 Å². The maximum Gasteiger partial charge on any atom is 0.325 e. The average molecular weight is 325 g/mol. The molecule has 1 amide bonds. The highest BCUT2D eigenvalue weighted by Gasteiger charge is 2.14. The van der Waals surface area contributed by atoms with Gasteiger partial charge in [-0.1, -0.05) is 22.0 Å². The van der Waals surface area contributed by atoms with Crippen LogP contribution < -0.4 is 5.32 Å². The van der Waals surface area contributed by atoms with Gasteiger partial charge in [-0.2, -0.15) is 0 Å². The second kappa shape index (κ2) is 5.44. The molecule has 0 fully saturated rings. The zero-order valence-corrected chi connectivity index (χ0v) is 11.8. The van der Waals surface area contributed by atoms with E-state index in [0.29, 0.717) is 0 Å². The molecular formula is C13H13BrN2O3. The lowest BCUT2D eigenvalue weighted by molar-refractivity contribution is -0.141. The Morgan fingerprint density at radius 3 is 2.84 bits per heavy atom. The summed E-state index contributed by atoms with van der Waals surface area (Å²) in [5.41, 5.74) is 0.924. The van der Waals surface area contributed by atoms with E-state index in [0.717, 1.165) is 15.4 Å². The number of carboxylic acid groups (broad SMARTS) is 1. The molecule has 0 radical (unpaired) electrons. The highest BCUT2D eigenvalue weighted by atomic mass is 79.9. The molecule has 0 saturated heterocycles. The fourth-order valence-corrected chi connectivity index (χ4v) is 2.15. The van der Waals surface area contributed by atoms with Crippen LogP contribution in [0, 0.1) is 0 Å². The first-order chi connectivity index (χ1) is 8.97. The van der Waals surface area contributed by atoms with Crippen molar-refractivity contribution in [3.8, 4) is 0 Å². The SMILES string of the molecule is C[C@@H](NC(=O)Cn1ccc2ccc(Br)cc21)C(=O)O. The molecule has 0 unspecified atom stereocenters. The summed E-state index contributed by atoms with van der Waals surface area (Å²) in [5.74, 6) is -1.37. The highest BCUT2D eigenvalue weighted by molar-refractivity contribution is 9.10. The van der Waals surface area contributed by atoms with Crippen molar-refractivity contribution in [1.82, 2.24) is 9.88 Å². The molecule has 100 valence electrons. The van der Waals surface area contributed by atoms with Gasteiger partial charge in [0.2, 0.25) is 5.91 Å². The fraction of sp³-hybridized carbons (Fsp3) is 0.231. The van der Waals surface area contributed by atoms with Crippen molar-refractivity contribution in [2.24, 2.45) is 0 Å². The van der Waals surface area contributed by atoms with Gasteiger partial charge < -0.3 is 15.0 Å². The van der Waals surface area contributed by atoms with Crippen LogP contribution in [0.3, 0.4) is 0 Å². The van der Waals surface area contributed by atoms with Gasteiger partial charge in [0.1, 0.15) is 12.6 Å². The molecule has 0 aliphatic carbocycles. The summed E-state index contributed by atoms with van der Waals surface area (Å²) >= 11 is 3.39. The lowest BCUT2D eigenvalue weighted by Crippen LogP contribution is -2.39. The molecule has 2 rings (SSSR count). The van der Waals surface area contributed by atoms with Crippen LogP contribution in [0.4, 0.5) is 0 Å². The van der Waals surface area contributed by atoms with Crippen LogP contribution in [-0.2, 0) is 16.1 Å². The number of carbonyl (C=O) groups is 2. The molecule has 1 aromatic carbocycles. The summed E-state index contributed by atoms with van der Waals surface area (Å²) in [6.07, 6.45) is 1.81. The minimum absolute atomic E-state index is 0.0948. The zero-order chi connectivity index (χ0) is 14.0. The number of aliphatic carboxylic acids is 1. The van der Waals surface area contributed by atoms with Gasteiger partial charge >= 0.3 is 5.97 Å². The van der Waals surface area contributed by atoms with Crippen LogP contribution in [0.15, 0.2) is 34.9 Å². The average Bonchev–Trinajstić information content (AvgIpc) is 2.71. The Balaban J connectivity index is 2.15. The number of carboxylic acids is 1. The molecule has 1 atom stereocenters. The standard InChI is InChI=1S/C13H13BrN2O3/c1-8(13(18)19)15-12(17)7-16-5-4-9-2-3-10(14)6-11(9)16/h2-6,8H,7H2,1H3,(H,15,17)(H,18,19)/t8-/m1/s1. The molecule has 1 heterocycles. The van der Waals surface area contributed by atoms with E-state index in [2.05, 4.69) is 21.2 Å². The molecule has 19 heavy (non-hydrogen) atoms. The first kappa shape index (κ1) is 13.6. The predicted octanol–water partition coefficient (Wildman–Crippen LogP) is 1.99. The number of fused-ring (bicyclic) bond motifs is 1. The summed E-state index contributed by atoms with van der Waals surface area (Å²) in [6.45, 7) is 1.53. The van der Waals surface area contributed by atoms with E-state index in [1.165, 1.54) is 6.92 Å². The Labute approximate surface area is 118 Å². The number of hydrogen-bond acceptors (Lipinski definition) is 2. The van der Waals surface area contributed by atoms with E-state index < -0.39 is 12.0 Å². The first-order valence-corrected chi connectivity index (χ1v) is 6.53. The number of carbonyl (C=O) groups excluding carboxylic acids is 1. The third-order valence-corrected chi connectivity index (χ3v) is 3.29. The third-order valence-electron chi connectivity index (χ3n) is 2.80. The van der Waals surface area contributed by atoms with E-state index in [1.807, 2.05) is 30.5 Å². The van der Waals surface area contributed by atoms with Gasteiger partial charge in [0.05, 0.1) is 0 Å². The van der Waals surface area contributed by atoms with Gasteiger partial charge in [0, 0.05) is 16.2 Å². The van der Waals surface area contributed by atoms with E-state index >= 15 is 0 Å². The molecule has 0 saturated carbocycles. The lowest BCUT2D eigenvalue weighted by atomic mass is 10.2. The molecule has 0 spiro atoms. The largest absolute Gasteiger partial charge is 0.480 e. The van der Waals surface area contributed by atoms with Crippen molar-refractivity contribution in [2.45, 2.75) is 19.5 Å². The number of halogens is 1. The van der Waals surface area contributed by atoms with Gasteiger partial charge in [-0.05, 0) is 30.5 Å². The fourth-order valence-electron chi connectivity index (χ4n) is 1.80. The van der Waals surface area contributed by atoms with Crippen molar-refractivity contribution >= 4 is 38.7 Å². The van der Waals surface area contributed by atoms with Crippen LogP contribution in [0.25, 0.3) is 10.9 Å². The van der Waals surface area contributed by atoms with Crippen LogP contribution in [-0.4, -0.2) is 27.6 Å². The first-order valence-electron chi connectivity index (χ1n) is 5.74.